The normalized spacial score (nSPS) is 14.9. The number of nitrogens with zero attached hydrogens (tertiary/aromatic N) is 3. The first-order valence-corrected chi connectivity index (χ1v) is 13.0. The number of benzene rings is 3. The molecule has 0 bridgehead atoms. The number of hydrogen-bond donors (Lipinski definition) is 0. The van der Waals surface area contributed by atoms with E-state index in [2.05, 4.69) is 6.07 Å². The first kappa shape index (κ1) is 24.0. The second kappa shape index (κ2) is 10.4. The summed E-state index contributed by atoms with van der Waals surface area (Å²) in [7, 11) is -3.78. The molecule has 0 radical (unpaired) electrons. The Morgan fingerprint density at radius 2 is 1.56 bits per heavy atom. The standard InChI is InChI=1S/C25H22FN3O3S2/c26-20-10-12-21(13-11-20)34(31,32)29-15-5-14-28(16-17-29)25(30)22-7-2-4-9-24(22)33-23-8-3-1-6-19(23)18-27/h1-4,6-13H,5,14-17H2. The molecule has 9 heteroatoms. The number of amides is 1. The van der Waals surface area contributed by atoms with Crippen LogP contribution in [0.3, 0.4) is 0 Å². The van der Waals surface area contributed by atoms with Crippen LogP contribution in [0, 0.1) is 17.1 Å². The SMILES string of the molecule is N#Cc1ccccc1Sc1ccccc1C(=O)N1CCCN(S(=O)(=O)c2ccc(F)cc2)CC1. The fourth-order valence-corrected chi connectivity index (χ4v) is 6.25. The predicted octanol–water partition coefficient (Wildman–Crippen LogP) is 4.39. The quantitative estimate of drug-likeness (QED) is 0.525. The maximum Gasteiger partial charge on any atom is 0.255 e. The summed E-state index contributed by atoms with van der Waals surface area (Å²) in [4.78, 5) is 16.6. The zero-order valence-electron chi connectivity index (χ0n) is 18.2. The summed E-state index contributed by atoms with van der Waals surface area (Å²) in [6.07, 6.45) is 0.485. The third-order valence-electron chi connectivity index (χ3n) is 5.54. The molecule has 0 N–H and O–H groups in total. The molecule has 1 heterocycles. The summed E-state index contributed by atoms with van der Waals surface area (Å²) >= 11 is 1.36. The van der Waals surface area contributed by atoms with Gasteiger partial charge < -0.3 is 4.90 Å². The molecule has 1 aliphatic heterocycles. The van der Waals surface area contributed by atoms with Crippen molar-refractivity contribution in [3.8, 4) is 6.07 Å². The number of rotatable bonds is 5. The lowest BCUT2D eigenvalue weighted by Gasteiger charge is -2.23. The molecule has 3 aromatic rings. The lowest BCUT2D eigenvalue weighted by Crippen LogP contribution is -2.37. The van der Waals surface area contributed by atoms with Crippen molar-refractivity contribution in [1.29, 1.82) is 5.26 Å². The van der Waals surface area contributed by atoms with Crippen LogP contribution in [0.4, 0.5) is 4.39 Å². The Labute approximate surface area is 202 Å². The van der Waals surface area contributed by atoms with Gasteiger partial charge in [-0.2, -0.15) is 9.57 Å². The van der Waals surface area contributed by atoms with Gasteiger partial charge in [0.05, 0.1) is 16.0 Å². The van der Waals surface area contributed by atoms with Gasteiger partial charge in [-0.15, -0.1) is 0 Å². The Hall–Kier alpha value is -3.19. The van der Waals surface area contributed by atoms with Crippen LogP contribution in [0.2, 0.25) is 0 Å². The van der Waals surface area contributed by atoms with E-state index in [-0.39, 0.29) is 30.4 Å². The number of carbonyl (C=O) groups excluding carboxylic acids is 1. The maximum atomic E-state index is 13.4. The van der Waals surface area contributed by atoms with Crippen molar-refractivity contribution in [3.63, 3.8) is 0 Å². The lowest BCUT2D eigenvalue weighted by atomic mass is 10.2. The molecule has 0 spiro atoms. The van der Waals surface area contributed by atoms with E-state index < -0.39 is 15.8 Å². The average molecular weight is 496 g/mol. The molecular weight excluding hydrogens is 473 g/mol. The van der Waals surface area contributed by atoms with E-state index in [1.165, 1.54) is 28.2 Å². The Kier molecular flexibility index (Phi) is 7.32. The molecular formula is C25H22FN3O3S2. The summed E-state index contributed by atoms with van der Waals surface area (Å²) in [5.74, 6) is -0.681. The minimum Gasteiger partial charge on any atom is -0.337 e. The van der Waals surface area contributed by atoms with Gasteiger partial charge >= 0.3 is 0 Å². The van der Waals surface area contributed by atoms with Gasteiger partial charge in [-0.3, -0.25) is 4.79 Å². The summed E-state index contributed by atoms with van der Waals surface area (Å²) in [5.41, 5.74) is 1.04. The minimum atomic E-state index is -3.78. The van der Waals surface area contributed by atoms with Crippen LogP contribution < -0.4 is 0 Å². The highest BCUT2D eigenvalue weighted by atomic mass is 32.2. The number of nitriles is 1. The monoisotopic (exact) mass is 495 g/mol. The Morgan fingerprint density at radius 1 is 0.882 bits per heavy atom. The van der Waals surface area contributed by atoms with Crippen LogP contribution in [0.15, 0.2) is 87.5 Å². The number of hydrogen-bond acceptors (Lipinski definition) is 5. The van der Waals surface area contributed by atoms with Crippen molar-refractivity contribution in [2.45, 2.75) is 21.1 Å². The zero-order valence-corrected chi connectivity index (χ0v) is 19.9. The molecule has 34 heavy (non-hydrogen) atoms. The molecule has 1 fully saturated rings. The van der Waals surface area contributed by atoms with Gasteiger partial charge in [0.15, 0.2) is 0 Å². The van der Waals surface area contributed by atoms with E-state index in [1.807, 2.05) is 24.3 Å². The molecule has 0 atom stereocenters. The van der Waals surface area contributed by atoms with Gasteiger partial charge in [0, 0.05) is 36.0 Å². The van der Waals surface area contributed by atoms with E-state index in [4.69, 9.17) is 0 Å². The fourth-order valence-electron chi connectivity index (χ4n) is 3.76. The number of carbonyl (C=O) groups is 1. The van der Waals surface area contributed by atoms with E-state index in [9.17, 15) is 22.9 Å². The zero-order chi connectivity index (χ0) is 24.1. The van der Waals surface area contributed by atoms with Crippen molar-refractivity contribution in [3.05, 3.63) is 89.7 Å². The molecule has 4 rings (SSSR count). The molecule has 0 aliphatic carbocycles. The van der Waals surface area contributed by atoms with Gasteiger partial charge in [-0.05, 0) is 55.0 Å². The van der Waals surface area contributed by atoms with Gasteiger partial charge in [0.2, 0.25) is 10.0 Å². The smallest absolute Gasteiger partial charge is 0.255 e. The minimum absolute atomic E-state index is 0.0339. The summed E-state index contributed by atoms with van der Waals surface area (Å²) in [6.45, 7) is 1.09. The van der Waals surface area contributed by atoms with E-state index >= 15 is 0 Å². The van der Waals surface area contributed by atoms with E-state index in [1.54, 1.807) is 29.2 Å². The van der Waals surface area contributed by atoms with Crippen molar-refractivity contribution in [2.24, 2.45) is 0 Å². The number of halogens is 1. The number of sulfonamides is 1. The van der Waals surface area contributed by atoms with Crippen molar-refractivity contribution >= 4 is 27.7 Å². The molecule has 0 aromatic heterocycles. The predicted molar refractivity (Wildman–Crippen MR) is 127 cm³/mol. The Bertz CT molecular complexity index is 1340. The average Bonchev–Trinajstić information content (AvgIpc) is 3.12. The molecule has 3 aromatic carbocycles. The second-order valence-corrected chi connectivity index (χ2v) is 10.7. The van der Waals surface area contributed by atoms with Gasteiger partial charge in [-0.1, -0.05) is 36.0 Å². The molecule has 0 saturated carbocycles. The van der Waals surface area contributed by atoms with Crippen LogP contribution in [0.5, 0.6) is 0 Å². The highest BCUT2D eigenvalue weighted by Gasteiger charge is 2.29. The summed E-state index contributed by atoms with van der Waals surface area (Å²) < 4.78 is 40.5. The highest BCUT2D eigenvalue weighted by Crippen LogP contribution is 2.33. The first-order valence-electron chi connectivity index (χ1n) is 10.7. The molecule has 1 saturated heterocycles. The van der Waals surface area contributed by atoms with Crippen molar-refractivity contribution in [2.75, 3.05) is 26.2 Å². The third kappa shape index (κ3) is 5.14. The summed E-state index contributed by atoms with van der Waals surface area (Å²) in [6, 6.07) is 21.4. The van der Waals surface area contributed by atoms with Crippen LogP contribution >= 0.6 is 11.8 Å². The van der Waals surface area contributed by atoms with Crippen LogP contribution in [-0.4, -0.2) is 49.7 Å². The van der Waals surface area contributed by atoms with Gasteiger partial charge in [0.25, 0.3) is 5.91 Å². The highest BCUT2D eigenvalue weighted by molar-refractivity contribution is 7.99. The Balaban J connectivity index is 1.52. The largest absolute Gasteiger partial charge is 0.337 e. The van der Waals surface area contributed by atoms with Crippen LogP contribution in [-0.2, 0) is 10.0 Å². The van der Waals surface area contributed by atoms with Gasteiger partial charge in [-0.25, -0.2) is 12.8 Å². The molecule has 1 amide bonds. The van der Waals surface area contributed by atoms with Gasteiger partial charge in [0.1, 0.15) is 11.9 Å². The molecule has 1 aliphatic rings. The molecule has 6 nitrogen and oxygen atoms in total. The first-order chi connectivity index (χ1) is 16.4. The maximum absolute atomic E-state index is 13.4. The van der Waals surface area contributed by atoms with E-state index in [0.717, 1.165) is 21.9 Å². The molecule has 174 valence electrons. The second-order valence-electron chi connectivity index (χ2n) is 7.71. The topological polar surface area (TPSA) is 81.5 Å². The third-order valence-corrected chi connectivity index (χ3v) is 8.60. The fraction of sp³-hybridized carbons (Fsp3) is 0.200. The van der Waals surface area contributed by atoms with Crippen LogP contribution in [0.1, 0.15) is 22.3 Å². The van der Waals surface area contributed by atoms with Crippen molar-refractivity contribution in [1.82, 2.24) is 9.21 Å². The molecule has 0 unspecified atom stereocenters. The lowest BCUT2D eigenvalue weighted by molar-refractivity contribution is 0.0761. The summed E-state index contributed by atoms with van der Waals surface area (Å²) in [5, 5.41) is 9.39. The van der Waals surface area contributed by atoms with Crippen LogP contribution in [0.25, 0.3) is 0 Å². The Morgan fingerprint density at radius 3 is 2.29 bits per heavy atom. The van der Waals surface area contributed by atoms with Crippen molar-refractivity contribution < 1.29 is 17.6 Å². The van der Waals surface area contributed by atoms with E-state index in [0.29, 0.717) is 24.1 Å².